The Morgan fingerprint density at radius 1 is 0.847 bits per heavy atom. The minimum absolute atomic E-state index is 0.0210. The van der Waals surface area contributed by atoms with E-state index in [0.29, 0.717) is 25.3 Å². The summed E-state index contributed by atoms with van der Waals surface area (Å²) in [6.45, 7) is 5.25. The molecule has 0 radical (unpaired) electrons. The van der Waals surface area contributed by atoms with Gasteiger partial charge in [0.2, 0.25) is 5.91 Å². The fraction of sp³-hybridized carbons (Fsp3) is 0.292. The molecule has 5 aromatic carbocycles. The third-order valence-electron chi connectivity index (χ3n) is 12.3. The Hall–Kier alpha value is -5.98. The summed E-state index contributed by atoms with van der Waals surface area (Å²) in [5.41, 5.74) is 7.96. The molecule has 0 bridgehead atoms. The van der Waals surface area contributed by atoms with E-state index < -0.39 is 11.8 Å². The van der Waals surface area contributed by atoms with Crippen molar-refractivity contribution in [1.82, 2.24) is 25.5 Å². The molecule has 1 aromatic heterocycles. The molecule has 1 spiro atoms. The summed E-state index contributed by atoms with van der Waals surface area (Å²) in [6.07, 6.45) is 1.96. The first kappa shape index (κ1) is 38.5. The zero-order valence-corrected chi connectivity index (χ0v) is 33.0. The van der Waals surface area contributed by atoms with Crippen molar-refractivity contribution in [3.8, 4) is 11.1 Å². The van der Waals surface area contributed by atoms with Crippen molar-refractivity contribution in [1.29, 1.82) is 0 Å². The Morgan fingerprint density at radius 3 is 2.31 bits per heavy atom. The standard InChI is InChI=1S/C48H48N6O5/c1-32-43(29-53-25-23-48(24-26-53)47(57)51-31-54(48)38-10-3-2-4-11-38)58-46(59-44(32)35-17-15-33(30-55)16-18-35)36-21-19-34(20-22-36)39-12-6-5-9-37(39)27-50-45(56)42-28-49-40-13-7-8-14-41(40)52-42/h2-22,28,32,43-44,46,55H,23-27,29-31H2,1H3,(H,50,56)(H,51,57)/t32-,43+,44+,46+/m1/s1. The zero-order valence-electron chi connectivity index (χ0n) is 33.0. The second-order valence-corrected chi connectivity index (χ2v) is 15.8. The van der Waals surface area contributed by atoms with E-state index in [1.807, 2.05) is 84.9 Å². The largest absolute Gasteiger partial charge is 0.392 e. The van der Waals surface area contributed by atoms with Crippen molar-refractivity contribution >= 4 is 28.5 Å². The van der Waals surface area contributed by atoms with Gasteiger partial charge < -0.3 is 35.0 Å². The van der Waals surface area contributed by atoms with Crippen molar-refractivity contribution < 1.29 is 24.2 Å². The van der Waals surface area contributed by atoms with Gasteiger partial charge >= 0.3 is 0 Å². The quantitative estimate of drug-likeness (QED) is 0.135. The van der Waals surface area contributed by atoms with Gasteiger partial charge in [0.25, 0.3) is 5.91 Å². The number of likely N-dealkylation sites (tertiary alicyclic amines) is 1. The number of ether oxygens (including phenoxy) is 2. The fourth-order valence-electron chi connectivity index (χ4n) is 8.83. The molecule has 11 nitrogen and oxygen atoms in total. The topological polar surface area (TPSA) is 129 Å². The lowest BCUT2D eigenvalue weighted by Crippen LogP contribution is -2.57. The molecule has 3 saturated heterocycles. The number of nitrogens with one attached hydrogen (secondary N) is 2. The zero-order chi connectivity index (χ0) is 40.3. The van der Waals surface area contributed by atoms with Gasteiger partial charge in [0.15, 0.2) is 6.29 Å². The van der Waals surface area contributed by atoms with Crippen LogP contribution in [0.25, 0.3) is 22.2 Å². The molecule has 59 heavy (non-hydrogen) atoms. The summed E-state index contributed by atoms with van der Waals surface area (Å²) in [7, 11) is 0. The molecule has 3 aliphatic heterocycles. The van der Waals surface area contributed by atoms with Gasteiger partial charge in [-0.2, -0.15) is 0 Å². The van der Waals surface area contributed by atoms with Crippen LogP contribution in [0.3, 0.4) is 0 Å². The second-order valence-electron chi connectivity index (χ2n) is 15.8. The van der Waals surface area contributed by atoms with Crippen LogP contribution in [0.5, 0.6) is 0 Å². The van der Waals surface area contributed by atoms with E-state index in [1.54, 1.807) is 0 Å². The molecular weight excluding hydrogens is 741 g/mol. The van der Waals surface area contributed by atoms with Crippen LogP contribution in [-0.4, -0.2) is 69.7 Å². The SMILES string of the molecule is C[C@@H]1[C@H](CN2CCC3(CC2)C(=O)NCN3c2ccccc2)O[C@H](c2ccc(-c3ccccc3CNC(=O)c3cnc4ccccc4n3)cc2)O[C@@H]1c1ccc(CO)cc1. The normalized spacial score (nSPS) is 21.7. The van der Waals surface area contributed by atoms with Crippen molar-refractivity contribution in [3.63, 3.8) is 0 Å². The van der Waals surface area contributed by atoms with Crippen LogP contribution in [0.4, 0.5) is 5.69 Å². The minimum atomic E-state index is -0.615. The number of aromatic nitrogens is 2. The number of para-hydroxylation sites is 3. The Bertz CT molecular complexity index is 2420. The summed E-state index contributed by atoms with van der Waals surface area (Å²) in [5, 5.41) is 15.9. The molecular formula is C48H48N6O5. The Morgan fingerprint density at radius 2 is 1.54 bits per heavy atom. The van der Waals surface area contributed by atoms with Crippen LogP contribution >= 0.6 is 0 Å². The average molecular weight is 789 g/mol. The fourth-order valence-corrected chi connectivity index (χ4v) is 8.83. The van der Waals surface area contributed by atoms with Crippen molar-refractivity contribution in [2.75, 3.05) is 31.2 Å². The monoisotopic (exact) mass is 788 g/mol. The highest BCUT2D eigenvalue weighted by molar-refractivity contribution is 5.94. The van der Waals surface area contributed by atoms with Crippen LogP contribution in [-0.2, 0) is 27.4 Å². The first-order chi connectivity index (χ1) is 28.9. The number of hydrogen-bond acceptors (Lipinski definition) is 9. The number of carbonyl (C=O) groups is 2. The molecule has 3 fully saturated rings. The van der Waals surface area contributed by atoms with Crippen molar-refractivity contribution in [2.45, 2.75) is 57.0 Å². The Labute approximate surface area is 344 Å². The van der Waals surface area contributed by atoms with Crippen molar-refractivity contribution in [2.24, 2.45) is 5.92 Å². The van der Waals surface area contributed by atoms with E-state index in [9.17, 15) is 14.7 Å². The number of amides is 2. The van der Waals surface area contributed by atoms with Gasteiger partial charge in [-0.15, -0.1) is 0 Å². The first-order valence-electron chi connectivity index (χ1n) is 20.4. The number of rotatable bonds is 10. The molecule has 0 unspecified atom stereocenters. The maximum atomic E-state index is 13.4. The van der Waals surface area contributed by atoms with E-state index in [2.05, 4.69) is 79.8 Å². The molecule has 0 saturated carbocycles. The number of carbonyl (C=O) groups excluding carboxylic acids is 2. The molecule has 3 aliphatic rings. The van der Waals surface area contributed by atoms with E-state index in [0.717, 1.165) is 70.5 Å². The maximum Gasteiger partial charge on any atom is 0.271 e. The number of benzene rings is 5. The summed E-state index contributed by atoms with van der Waals surface area (Å²) in [6, 6.07) is 42.0. The molecule has 11 heteroatoms. The number of anilines is 1. The summed E-state index contributed by atoms with van der Waals surface area (Å²) >= 11 is 0. The van der Waals surface area contributed by atoms with Crippen LogP contribution in [0, 0.1) is 5.92 Å². The molecule has 6 aromatic rings. The summed E-state index contributed by atoms with van der Waals surface area (Å²) in [4.78, 5) is 40.1. The molecule has 4 atom stereocenters. The number of hydrogen-bond donors (Lipinski definition) is 3. The van der Waals surface area contributed by atoms with Gasteiger partial charge in [-0.25, -0.2) is 4.98 Å². The highest BCUT2D eigenvalue weighted by Crippen LogP contribution is 2.43. The third-order valence-corrected chi connectivity index (χ3v) is 12.3. The van der Waals surface area contributed by atoms with Crippen LogP contribution < -0.4 is 15.5 Å². The van der Waals surface area contributed by atoms with Crippen LogP contribution in [0.2, 0.25) is 0 Å². The number of aliphatic hydroxyl groups excluding tert-OH is 1. The van der Waals surface area contributed by atoms with Crippen LogP contribution in [0.15, 0.2) is 134 Å². The summed E-state index contributed by atoms with van der Waals surface area (Å²) < 4.78 is 13.7. The van der Waals surface area contributed by atoms with Gasteiger partial charge in [-0.1, -0.05) is 110 Å². The first-order valence-corrected chi connectivity index (χ1v) is 20.4. The summed E-state index contributed by atoms with van der Waals surface area (Å²) in [5.74, 6) is -0.152. The molecule has 3 N–H and O–H groups in total. The van der Waals surface area contributed by atoms with Gasteiger partial charge in [-0.3, -0.25) is 14.6 Å². The number of aliphatic hydroxyl groups is 1. The van der Waals surface area contributed by atoms with E-state index in [1.165, 1.54) is 6.20 Å². The lowest BCUT2D eigenvalue weighted by molar-refractivity contribution is -0.276. The Balaban J connectivity index is 0.912. The second kappa shape index (κ2) is 16.7. The molecule has 2 amide bonds. The lowest BCUT2D eigenvalue weighted by Gasteiger charge is -2.46. The average Bonchev–Trinajstić information content (AvgIpc) is 3.61. The van der Waals surface area contributed by atoms with E-state index in [4.69, 9.17) is 9.47 Å². The number of piperidine rings is 1. The highest BCUT2D eigenvalue weighted by atomic mass is 16.7. The van der Waals surface area contributed by atoms with E-state index in [-0.39, 0.29) is 42.2 Å². The number of nitrogens with zero attached hydrogens (tertiary/aromatic N) is 4. The van der Waals surface area contributed by atoms with E-state index >= 15 is 0 Å². The van der Waals surface area contributed by atoms with Gasteiger partial charge in [0, 0.05) is 43.3 Å². The van der Waals surface area contributed by atoms with Crippen LogP contribution in [0.1, 0.15) is 64.9 Å². The van der Waals surface area contributed by atoms with Gasteiger partial charge in [0.05, 0.1) is 42.7 Å². The Kier molecular flexibility index (Phi) is 10.9. The third kappa shape index (κ3) is 7.82. The predicted octanol–water partition coefficient (Wildman–Crippen LogP) is 6.94. The smallest absolute Gasteiger partial charge is 0.271 e. The molecule has 9 rings (SSSR count). The predicted molar refractivity (Wildman–Crippen MR) is 226 cm³/mol. The molecule has 0 aliphatic carbocycles. The molecule has 4 heterocycles. The van der Waals surface area contributed by atoms with Gasteiger partial charge in [0.1, 0.15) is 11.2 Å². The lowest BCUT2D eigenvalue weighted by atomic mass is 9.84. The maximum absolute atomic E-state index is 13.4. The van der Waals surface area contributed by atoms with Gasteiger partial charge in [-0.05, 0) is 64.9 Å². The molecule has 300 valence electrons. The highest BCUT2D eigenvalue weighted by Gasteiger charge is 2.51. The number of fused-ring (bicyclic) bond motifs is 1. The van der Waals surface area contributed by atoms with Crippen molar-refractivity contribution in [3.05, 3.63) is 162 Å². The minimum Gasteiger partial charge on any atom is -0.392 e.